The highest BCUT2D eigenvalue weighted by molar-refractivity contribution is 5.85. The van der Waals surface area contributed by atoms with Crippen LogP contribution in [0.5, 0.6) is 0 Å². The van der Waals surface area contributed by atoms with E-state index in [-0.39, 0.29) is 4.65 Å². The normalized spacial score (nSPS) is 20.9. The minimum atomic E-state index is -4.36. The summed E-state index contributed by atoms with van der Waals surface area (Å²) >= 11 is 0. The highest BCUT2D eigenvalue weighted by Gasteiger charge is 2.31. The third-order valence-corrected chi connectivity index (χ3v) is 6.94. The fourth-order valence-electron chi connectivity index (χ4n) is 5.02. The second kappa shape index (κ2) is 8.05. The molecule has 166 valence electrons. The second-order valence-electron chi connectivity index (χ2n) is 9.15. The summed E-state index contributed by atoms with van der Waals surface area (Å²) in [6.07, 6.45) is 2.21. The summed E-state index contributed by atoms with van der Waals surface area (Å²) in [4.78, 5) is 0. The van der Waals surface area contributed by atoms with Crippen molar-refractivity contribution in [3.8, 4) is 0 Å². The maximum absolute atomic E-state index is 13.2. The molecule has 1 atom stereocenters. The van der Waals surface area contributed by atoms with Crippen LogP contribution in [0, 0.1) is 5.21 Å². The van der Waals surface area contributed by atoms with Crippen LogP contribution in [0.2, 0.25) is 0 Å². The van der Waals surface area contributed by atoms with Crippen LogP contribution in [0.1, 0.15) is 40.7 Å². The number of hydrogen-bond acceptors (Lipinski definition) is 1. The van der Waals surface area contributed by atoms with Gasteiger partial charge in [-0.3, -0.25) is 0 Å². The van der Waals surface area contributed by atoms with Gasteiger partial charge in [0.25, 0.3) is 0 Å². The van der Waals surface area contributed by atoms with Crippen LogP contribution in [-0.2, 0) is 25.4 Å². The molecule has 2 aliphatic rings. The molecule has 1 aliphatic heterocycles. The lowest BCUT2D eigenvalue weighted by Crippen LogP contribution is -2.46. The van der Waals surface area contributed by atoms with Crippen LogP contribution >= 0.6 is 0 Å². The molecule has 1 heterocycles. The molecule has 0 aromatic heterocycles. The van der Waals surface area contributed by atoms with Crippen molar-refractivity contribution in [3.63, 3.8) is 0 Å². The second-order valence-corrected chi connectivity index (χ2v) is 9.15. The van der Waals surface area contributed by atoms with E-state index in [9.17, 15) is 18.4 Å². The molecule has 1 unspecified atom stereocenters. The molecular weight excluding hydrogens is 411 g/mol. The summed E-state index contributed by atoms with van der Waals surface area (Å²) in [5, 5.41) is 15.7. The molecular formula is C27H26F3NO. The molecule has 3 aromatic carbocycles. The van der Waals surface area contributed by atoms with Crippen molar-refractivity contribution >= 4 is 16.3 Å². The fourth-order valence-corrected chi connectivity index (χ4v) is 5.02. The van der Waals surface area contributed by atoms with Crippen molar-refractivity contribution in [1.82, 2.24) is 0 Å². The first kappa shape index (κ1) is 21.2. The lowest BCUT2D eigenvalue weighted by Gasteiger charge is -2.44. The van der Waals surface area contributed by atoms with Gasteiger partial charge in [-0.15, -0.1) is 0 Å². The molecule has 32 heavy (non-hydrogen) atoms. The van der Waals surface area contributed by atoms with E-state index in [4.69, 9.17) is 0 Å². The third kappa shape index (κ3) is 4.32. The summed E-state index contributed by atoms with van der Waals surface area (Å²) in [5.41, 5.74) is 4.83. The number of hydrogen-bond donors (Lipinski definition) is 0. The van der Waals surface area contributed by atoms with Gasteiger partial charge < -0.3 is 9.85 Å². The molecule has 0 bridgehead atoms. The molecule has 0 spiro atoms. The van der Waals surface area contributed by atoms with Gasteiger partial charge in [0, 0.05) is 12.8 Å². The summed E-state index contributed by atoms with van der Waals surface area (Å²) in [5.74, 6) is 0. The van der Waals surface area contributed by atoms with E-state index < -0.39 is 11.7 Å². The van der Waals surface area contributed by atoms with E-state index in [1.807, 2.05) is 6.08 Å². The van der Waals surface area contributed by atoms with E-state index in [1.54, 1.807) is 6.07 Å². The third-order valence-electron chi connectivity index (χ3n) is 6.94. The number of benzene rings is 3. The zero-order chi connectivity index (χ0) is 22.3. The lowest BCUT2D eigenvalue weighted by atomic mass is 9.97. The standard InChI is InChI=1S/C27H26F3NO/c28-27(29,30)26-6-2-5-23(18-26)20-10-13-31(32,14-11-20)12-9-19-7-8-24-16-21-3-1-4-22(21)17-25(24)15-19/h2,5-8,10,15-18H,1,3-4,9,11-14H2. The Balaban J connectivity index is 1.27. The zero-order valence-electron chi connectivity index (χ0n) is 17.9. The molecule has 0 saturated heterocycles. The molecule has 2 nitrogen and oxygen atoms in total. The van der Waals surface area contributed by atoms with Crippen LogP contribution in [0.3, 0.4) is 0 Å². The molecule has 3 aromatic rings. The van der Waals surface area contributed by atoms with Crippen molar-refractivity contribution in [1.29, 1.82) is 0 Å². The number of nitrogens with zero attached hydrogens (tertiary/aromatic N) is 1. The molecule has 0 fully saturated rings. The predicted octanol–water partition coefficient (Wildman–Crippen LogP) is 6.69. The lowest BCUT2D eigenvalue weighted by molar-refractivity contribution is -0.875. The Morgan fingerprint density at radius 3 is 2.38 bits per heavy atom. The first-order valence-electron chi connectivity index (χ1n) is 11.3. The van der Waals surface area contributed by atoms with Gasteiger partial charge >= 0.3 is 6.18 Å². The van der Waals surface area contributed by atoms with Crippen molar-refractivity contribution < 1.29 is 17.8 Å². The average Bonchev–Trinajstić information content (AvgIpc) is 3.23. The molecule has 0 radical (unpaired) electrons. The monoisotopic (exact) mass is 437 g/mol. The van der Waals surface area contributed by atoms with E-state index in [0.717, 1.165) is 23.6 Å². The Kier molecular flexibility index (Phi) is 5.34. The topological polar surface area (TPSA) is 23.1 Å². The van der Waals surface area contributed by atoms with Gasteiger partial charge in [-0.2, -0.15) is 13.2 Å². The zero-order valence-corrected chi connectivity index (χ0v) is 17.9. The van der Waals surface area contributed by atoms with Gasteiger partial charge in [0.15, 0.2) is 0 Å². The number of fused-ring (bicyclic) bond motifs is 2. The highest BCUT2D eigenvalue weighted by atomic mass is 19.4. The molecule has 0 N–H and O–H groups in total. The SMILES string of the molecule is [O-][N+]1(CCc2ccc3cc4c(cc3c2)CCC4)CC=C(c2cccc(C(F)(F)F)c2)CC1. The molecule has 1 aliphatic carbocycles. The summed E-state index contributed by atoms with van der Waals surface area (Å²) in [6.45, 7) is 1.17. The maximum atomic E-state index is 13.2. The van der Waals surface area contributed by atoms with Crippen LogP contribution < -0.4 is 0 Å². The molecule has 5 rings (SSSR count). The van der Waals surface area contributed by atoms with Crippen molar-refractivity contribution in [2.45, 2.75) is 38.3 Å². The molecule has 0 amide bonds. The first-order valence-corrected chi connectivity index (χ1v) is 11.3. The Labute approximate surface area is 186 Å². The number of alkyl halides is 3. The number of aryl methyl sites for hydroxylation is 2. The van der Waals surface area contributed by atoms with E-state index in [1.165, 1.54) is 46.9 Å². The van der Waals surface area contributed by atoms with Crippen LogP contribution in [0.4, 0.5) is 13.2 Å². The highest BCUT2D eigenvalue weighted by Crippen LogP contribution is 2.33. The van der Waals surface area contributed by atoms with E-state index >= 15 is 0 Å². The smallest absolute Gasteiger partial charge is 0.416 e. The summed E-state index contributed by atoms with van der Waals surface area (Å²) < 4.78 is 38.7. The number of hydroxylamine groups is 3. The summed E-state index contributed by atoms with van der Waals surface area (Å²) in [6, 6.07) is 16.5. The van der Waals surface area contributed by atoms with Crippen LogP contribution in [0.25, 0.3) is 16.3 Å². The van der Waals surface area contributed by atoms with Gasteiger partial charge in [-0.1, -0.05) is 42.5 Å². The quantitative estimate of drug-likeness (QED) is 0.329. The Morgan fingerprint density at radius 2 is 1.66 bits per heavy atom. The molecule has 0 saturated carbocycles. The van der Waals surface area contributed by atoms with Crippen LogP contribution in [-0.4, -0.2) is 24.3 Å². The van der Waals surface area contributed by atoms with E-state index in [2.05, 4.69) is 30.3 Å². The first-order chi connectivity index (χ1) is 15.3. The van der Waals surface area contributed by atoms with Gasteiger partial charge in [0.2, 0.25) is 0 Å². The largest absolute Gasteiger partial charge is 0.633 e. The Bertz CT molecular complexity index is 1200. The fraction of sp³-hybridized carbons (Fsp3) is 0.333. The predicted molar refractivity (Wildman–Crippen MR) is 122 cm³/mol. The van der Waals surface area contributed by atoms with Crippen LogP contribution in [0.15, 0.2) is 60.7 Å². The Hall–Kier alpha value is -2.63. The van der Waals surface area contributed by atoms with Crippen molar-refractivity contribution in [2.24, 2.45) is 0 Å². The number of halogens is 3. The minimum Gasteiger partial charge on any atom is -0.633 e. The van der Waals surface area contributed by atoms with Gasteiger partial charge in [0.05, 0.1) is 25.2 Å². The van der Waals surface area contributed by atoms with Gasteiger partial charge in [-0.05, 0) is 76.1 Å². The molecule has 5 heteroatoms. The van der Waals surface area contributed by atoms with Crippen molar-refractivity contribution in [2.75, 3.05) is 19.6 Å². The minimum absolute atomic E-state index is 0.298. The maximum Gasteiger partial charge on any atom is 0.416 e. The van der Waals surface area contributed by atoms with Gasteiger partial charge in [-0.25, -0.2) is 0 Å². The van der Waals surface area contributed by atoms with Gasteiger partial charge in [0.1, 0.15) is 0 Å². The number of quaternary nitrogens is 1. The Morgan fingerprint density at radius 1 is 0.875 bits per heavy atom. The average molecular weight is 438 g/mol. The summed E-state index contributed by atoms with van der Waals surface area (Å²) in [7, 11) is 0. The van der Waals surface area contributed by atoms with E-state index in [0.29, 0.717) is 38.0 Å². The van der Waals surface area contributed by atoms with Crippen molar-refractivity contribution in [3.05, 3.63) is 93.7 Å². The number of rotatable bonds is 4.